The number of amides is 1. The van der Waals surface area contributed by atoms with Crippen LogP contribution in [0.3, 0.4) is 0 Å². The number of carbonyl (C=O) groups is 2. The molecular weight excluding hydrogens is 396 g/mol. The highest BCUT2D eigenvalue weighted by molar-refractivity contribution is 8.00. The van der Waals surface area contributed by atoms with E-state index in [9.17, 15) is 9.59 Å². The maximum absolute atomic E-state index is 12.9. The molecule has 0 aliphatic rings. The van der Waals surface area contributed by atoms with E-state index in [0.717, 1.165) is 10.5 Å². The van der Waals surface area contributed by atoms with Gasteiger partial charge >= 0.3 is 5.97 Å². The van der Waals surface area contributed by atoms with Crippen LogP contribution in [0.4, 0.5) is 5.69 Å². The minimum Gasteiger partial charge on any atom is -0.451 e. The van der Waals surface area contributed by atoms with Gasteiger partial charge in [0, 0.05) is 10.6 Å². The first-order valence-electron chi connectivity index (χ1n) is 9.35. The second-order valence-corrected chi connectivity index (χ2v) is 7.66. The Bertz CT molecular complexity index is 1030. The third kappa shape index (κ3) is 5.72. The zero-order valence-corrected chi connectivity index (χ0v) is 17.1. The SMILES string of the molecule is C[C@@H](OC(=O)[C@@H](Sc1ccccc1)c1ccccc1)C(=O)Nc1ccc(C#N)cc1. The normalized spacial score (nSPS) is 12.3. The highest BCUT2D eigenvalue weighted by atomic mass is 32.2. The fourth-order valence-electron chi connectivity index (χ4n) is 2.68. The molecule has 6 heteroatoms. The number of carbonyl (C=O) groups excluding carboxylic acids is 2. The molecule has 0 bridgehead atoms. The summed E-state index contributed by atoms with van der Waals surface area (Å²) in [5, 5.41) is 10.9. The summed E-state index contributed by atoms with van der Waals surface area (Å²) >= 11 is 1.37. The fourth-order valence-corrected chi connectivity index (χ4v) is 3.71. The number of esters is 1. The van der Waals surface area contributed by atoms with Crippen LogP contribution in [-0.2, 0) is 14.3 Å². The molecule has 3 rings (SSSR count). The molecule has 0 unspecified atom stereocenters. The average molecular weight is 417 g/mol. The molecule has 5 nitrogen and oxygen atoms in total. The van der Waals surface area contributed by atoms with E-state index in [4.69, 9.17) is 10.00 Å². The zero-order chi connectivity index (χ0) is 21.3. The van der Waals surface area contributed by atoms with Crippen LogP contribution in [0.5, 0.6) is 0 Å². The predicted molar refractivity (Wildman–Crippen MR) is 117 cm³/mol. The van der Waals surface area contributed by atoms with Crippen molar-refractivity contribution in [2.24, 2.45) is 0 Å². The standard InChI is InChI=1S/C24H20N2O3S/c1-17(23(27)26-20-14-12-18(16-25)13-15-20)29-24(28)22(19-8-4-2-5-9-19)30-21-10-6-3-7-11-21/h2-15,17,22H,1H3,(H,26,27)/t17-,22+/m1/s1. The van der Waals surface area contributed by atoms with Gasteiger partial charge in [-0.2, -0.15) is 5.26 Å². The Labute approximate surface area is 179 Å². The van der Waals surface area contributed by atoms with Gasteiger partial charge in [-0.05, 0) is 48.9 Å². The van der Waals surface area contributed by atoms with Crippen molar-refractivity contribution >= 4 is 29.3 Å². The number of benzene rings is 3. The molecule has 150 valence electrons. The summed E-state index contributed by atoms with van der Waals surface area (Å²) in [5.41, 5.74) is 1.83. The Balaban J connectivity index is 1.69. The molecule has 1 amide bonds. The van der Waals surface area contributed by atoms with Crippen LogP contribution < -0.4 is 5.32 Å². The summed E-state index contributed by atoms with van der Waals surface area (Å²) in [6, 6.07) is 27.4. The second kappa shape index (κ2) is 10.3. The molecule has 0 spiro atoms. The van der Waals surface area contributed by atoms with E-state index in [-0.39, 0.29) is 0 Å². The lowest BCUT2D eigenvalue weighted by Gasteiger charge is -2.19. The van der Waals surface area contributed by atoms with Gasteiger partial charge in [-0.1, -0.05) is 48.5 Å². The molecular formula is C24H20N2O3S. The molecule has 0 saturated carbocycles. The predicted octanol–water partition coefficient (Wildman–Crippen LogP) is 4.96. The molecule has 2 atom stereocenters. The average Bonchev–Trinajstić information content (AvgIpc) is 2.79. The number of nitrogens with one attached hydrogen (secondary N) is 1. The third-order valence-corrected chi connectivity index (χ3v) is 5.50. The van der Waals surface area contributed by atoms with Gasteiger partial charge in [-0.15, -0.1) is 11.8 Å². The molecule has 0 heterocycles. The zero-order valence-electron chi connectivity index (χ0n) is 16.3. The number of rotatable bonds is 7. The smallest absolute Gasteiger partial charge is 0.324 e. The van der Waals surface area contributed by atoms with E-state index < -0.39 is 23.2 Å². The molecule has 3 aromatic rings. The van der Waals surface area contributed by atoms with E-state index in [1.54, 1.807) is 24.3 Å². The lowest BCUT2D eigenvalue weighted by molar-refractivity contribution is -0.152. The summed E-state index contributed by atoms with van der Waals surface area (Å²) in [4.78, 5) is 26.3. The highest BCUT2D eigenvalue weighted by Crippen LogP contribution is 2.36. The van der Waals surface area contributed by atoms with Crippen LogP contribution in [0.15, 0.2) is 89.8 Å². The molecule has 0 aromatic heterocycles. The van der Waals surface area contributed by atoms with E-state index in [1.807, 2.05) is 66.7 Å². The van der Waals surface area contributed by atoms with E-state index in [0.29, 0.717) is 11.3 Å². The Kier molecular flexibility index (Phi) is 7.25. The topological polar surface area (TPSA) is 79.2 Å². The van der Waals surface area contributed by atoms with Crippen LogP contribution in [0.2, 0.25) is 0 Å². The highest BCUT2D eigenvalue weighted by Gasteiger charge is 2.27. The van der Waals surface area contributed by atoms with E-state index in [2.05, 4.69) is 5.32 Å². The summed E-state index contributed by atoms with van der Waals surface area (Å²) in [6.07, 6.45) is -0.976. The number of anilines is 1. The van der Waals surface area contributed by atoms with Crippen molar-refractivity contribution in [3.05, 3.63) is 96.1 Å². The molecule has 30 heavy (non-hydrogen) atoms. The number of nitriles is 1. The van der Waals surface area contributed by atoms with Crippen LogP contribution in [0.1, 0.15) is 23.3 Å². The molecule has 0 aliphatic carbocycles. The summed E-state index contributed by atoms with van der Waals surface area (Å²) in [7, 11) is 0. The first-order valence-corrected chi connectivity index (χ1v) is 10.2. The number of ether oxygens (including phenoxy) is 1. The molecule has 1 N–H and O–H groups in total. The molecule has 0 aliphatic heterocycles. The lowest BCUT2D eigenvalue weighted by atomic mass is 10.1. The Morgan fingerprint density at radius 3 is 2.13 bits per heavy atom. The minimum absolute atomic E-state index is 0.440. The number of hydrogen-bond donors (Lipinski definition) is 1. The first-order chi connectivity index (χ1) is 14.6. The molecule has 0 saturated heterocycles. The van der Waals surface area contributed by atoms with Crippen molar-refractivity contribution in [1.29, 1.82) is 5.26 Å². The lowest BCUT2D eigenvalue weighted by Crippen LogP contribution is -2.31. The van der Waals surface area contributed by atoms with E-state index in [1.165, 1.54) is 18.7 Å². The van der Waals surface area contributed by atoms with Gasteiger partial charge in [0.05, 0.1) is 11.6 Å². The summed E-state index contributed by atoms with van der Waals surface area (Å²) in [5.74, 6) is -0.929. The van der Waals surface area contributed by atoms with Crippen molar-refractivity contribution in [3.63, 3.8) is 0 Å². The van der Waals surface area contributed by atoms with Gasteiger partial charge in [-0.25, -0.2) is 0 Å². The first kappa shape index (κ1) is 21.2. The maximum atomic E-state index is 12.9. The number of nitrogens with zero attached hydrogens (tertiary/aromatic N) is 1. The number of thioether (sulfide) groups is 1. The van der Waals surface area contributed by atoms with Crippen LogP contribution in [0.25, 0.3) is 0 Å². The molecule has 3 aromatic carbocycles. The molecule has 0 fully saturated rings. The van der Waals surface area contributed by atoms with Gasteiger partial charge < -0.3 is 10.1 Å². The quantitative estimate of drug-likeness (QED) is 0.435. The van der Waals surface area contributed by atoms with Crippen LogP contribution in [-0.4, -0.2) is 18.0 Å². The van der Waals surface area contributed by atoms with Crippen molar-refractivity contribution < 1.29 is 14.3 Å². The van der Waals surface area contributed by atoms with Gasteiger partial charge in [0.2, 0.25) is 0 Å². The molecule has 0 radical (unpaired) electrons. The summed E-state index contributed by atoms with van der Waals surface area (Å²) < 4.78 is 5.49. The van der Waals surface area contributed by atoms with Crippen molar-refractivity contribution in [1.82, 2.24) is 0 Å². The Hall–Kier alpha value is -3.56. The summed E-state index contributed by atoms with van der Waals surface area (Å²) in [6.45, 7) is 1.53. The van der Waals surface area contributed by atoms with Crippen LogP contribution in [0, 0.1) is 11.3 Å². The largest absolute Gasteiger partial charge is 0.451 e. The fraction of sp³-hybridized carbons (Fsp3) is 0.125. The minimum atomic E-state index is -0.976. The Morgan fingerprint density at radius 1 is 0.933 bits per heavy atom. The van der Waals surface area contributed by atoms with Crippen molar-refractivity contribution in [2.45, 2.75) is 23.2 Å². The van der Waals surface area contributed by atoms with Gasteiger partial charge in [-0.3, -0.25) is 9.59 Å². The van der Waals surface area contributed by atoms with Gasteiger partial charge in [0.1, 0.15) is 5.25 Å². The van der Waals surface area contributed by atoms with Gasteiger partial charge in [0.15, 0.2) is 6.10 Å². The van der Waals surface area contributed by atoms with Crippen molar-refractivity contribution in [2.75, 3.05) is 5.32 Å². The monoisotopic (exact) mass is 416 g/mol. The van der Waals surface area contributed by atoms with Crippen molar-refractivity contribution in [3.8, 4) is 6.07 Å². The van der Waals surface area contributed by atoms with Gasteiger partial charge in [0.25, 0.3) is 5.91 Å². The van der Waals surface area contributed by atoms with Crippen LogP contribution >= 0.6 is 11.8 Å². The maximum Gasteiger partial charge on any atom is 0.324 e. The number of hydrogen-bond acceptors (Lipinski definition) is 5. The Morgan fingerprint density at radius 2 is 1.53 bits per heavy atom. The van der Waals surface area contributed by atoms with E-state index >= 15 is 0 Å². The third-order valence-electron chi connectivity index (χ3n) is 4.26. The second-order valence-electron chi connectivity index (χ2n) is 6.48.